The molecule has 1 aliphatic rings. The van der Waals surface area contributed by atoms with Gasteiger partial charge in [0, 0.05) is 5.69 Å². The van der Waals surface area contributed by atoms with E-state index in [4.69, 9.17) is 9.47 Å². The molecule has 0 unspecified atom stereocenters. The predicted octanol–water partition coefficient (Wildman–Crippen LogP) is 2.24. The number of carbonyl (C=O) groups is 3. The van der Waals surface area contributed by atoms with Crippen molar-refractivity contribution >= 4 is 23.3 Å². The number of carbonyl (C=O) groups excluding carboxylic acids is 3. The van der Waals surface area contributed by atoms with E-state index in [0.29, 0.717) is 11.3 Å². The van der Waals surface area contributed by atoms with Crippen LogP contribution < -0.4 is 9.64 Å². The van der Waals surface area contributed by atoms with Gasteiger partial charge in [-0.1, -0.05) is 24.3 Å². The van der Waals surface area contributed by atoms with Crippen LogP contribution in [0.1, 0.15) is 18.5 Å². The van der Waals surface area contributed by atoms with Crippen LogP contribution in [-0.4, -0.2) is 36.5 Å². The highest BCUT2D eigenvalue weighted by Crippen LogP contribution is 2.42. The fourth-order valence-corrected chi connectivity index (χ4v) is 3.22. The molecule has 1 N–H and O–H groups in total. The smallest absolute Gasteiger partial charge is 0.319 e. The van der Waals surface area contributed by atoms with Crippen LogP contribution in [0.2, 0.25) is 0 Å². The van der Waals surface area contributed by atoms with Crippen molar-refractivity contribution in [1.82, 2.24) is 0 Å². The van der Waals surface area contributed by atoms with Gasteiger partial charge in [-0.2, -0.15) is 0 Å². The molecule has 2 aromatic rings. The number of hydrogen-bond acceptors (Lipinski definition) is 6. The maximum Gasteiger partial charge on any atom is 0.319 e. The molecule has 2 atom stereocenters. The average molecular weight is 369 g/mol. The van der Waals surface area contributed by atoms with Crippen LogP contribution in [0.4, 0.5) is 5.69 Å². The third kappa shape index (κ3) is 3.23. The Morgan fingerprint density at radius 1 is 1.15 bits per heavy atom. The maximum atomic E-state index is 12.7. The molecule has 0 bridgehead atoms. The number of amides is 1. The molecule has 1 amide bonds. The van der Waals surface area contributed by atoms with Gasteiger partial charge in [0.2, 0.25) is 5.78 Å². The summed E-state index contributed by atoms with van der Waals surface area (Å²) >= 11 is 0. The topological polar surface area (TPSA) is 93.1 Å². The highest BCUT2D eigenvalue weighted by Gasteiger charge is 2.53. The van der Waals surface area contributed by atoms with Crippen molar-refractivity contribution in [2.45, 2.75) is 13.0 Å². The average Bonchev–Trinajstić information content (AvgIpc) is 2.94. The highest BCUT2D eigenvalue weighted by molar-refractivity contribution is 6.47. The fourth-order valence-electron chi connectivity index (χ4n) is 3.22. The molecule has 0 spiro atoms. The number of aromatic hydroxyl groups is 1. The second kappa shape index (κ2) is 7.49. The number of hydrogen-bond donors (Lipinski definition) is 1. The summed E-state index contributed by atoms with van der Waals surface area (Å²) in [5.41, 5.74) is 0.963. The molecule has 2 aromatic carbocycles. The van der Waals surface area contributed by atoms with Crippen molar-refractivity contribution in [1.29, 1.82) is 0 Å². The van der Waals surface area contributed by atoms with E-state index < -0.39 is 29.6 Å². The molecular formula is C20H19NO6. The molecule has 1 fully saturated rings. The van der Waals surface area contributed by atoms with Crippen molar-refractivity contribution < 1.29 is 29.0 Å². The van der Waals surface area contributed by atoms with Gasteiger partial charge in [-0.3, -0.25) is 19.3 Å². The number of esters is 1. The molecule has 0 aliphatic carbocycles. The number of Topliss-reactive ketones (excluding diaryl/α,β-unsaturated/α-hetero) is 1. The van der Waals surface area contributed by atoms with Crippen molar-refractivity contribution in [3.63, 3.8) is 0 Å². The van der Waals surface area contributed by atoms with Gasteiger partial charge in [0.05, 0.1) is 19.8 Å². The van der Waals surface area contributed by atoms with Crippen LogP contribution in [0, 0.1) is 5.92 Å². The lowest BCUT2D eigenvalue weighted by Crippen LogP contribution is -2.31. The summed E-state index contributed by atoms with van der Waals surface area (Å²) in [6.45, 7) is 1.72. The summed E-state index contributed by atoms with van der Waals surface area (Å²) in [5.74, 6) is -3.57. The Hall–Kier alpha value is -3.35. The van der Waals surface area contributed by atoms with Crippen LogP contribution in [0.5, 0.6) is 11.5 Å². The molecule has 27 heavy (non-hydrogen) atoms. The Bertz CT molecular complexity index is 879. The van der Waals surface area contributed by atoms with E-state index in [2.05, 4.69) is 0 Å². The first-order chi connectivity index (χ1) is 13.0. The van der Waals surface area contributed by atoms with E-state index in [0.717, 1.165) is 0 Å². The number of para-hydroxylation sites is 1. The Balaban J connectivity index is 2.16. The number of ether oxygens (including phenoxy) is 2. The number of rotatable bonds is 5. The van der Waals surface area contributed by atoms with E-state index >= 15 is 0 Å². The summed E-state index contributed by atoms with van der Waals surface area (Å²) in [6, 6.07) is 12.2. The van der Waals surface area contributed by atoms with Gasteiger partial charge < -0.3 is 14.6 Å². The van der Waals surface area contributed by atoms with Gasteiger partial charge in [0.15, 0.2) is 11.5 Å². The van der Waals surface area contributed by atoms with Gasteiger partial charge in [-0.05, 0) is 36.8 Å². The molecule has 140 valence electrons. The summed E-state index contributed by atoms with van der Waals surface area (Å²) in [5, 5.41) is 9.86. The SMILES string of the molecule is CCOC(=O)[C@@H]1C(=O)C(=O)N(c2ccccc2)[C@H]1c1ccc(O)c(OC)c1. The fraction of sp³-hybridized carbons (Fsp3) is 0.250. The van der Waals surface area contributed by atoms with Crippen LogP contribution in [0.3, 0.4) is 0 Å². The van der Waals surface area contributed by atoms with Crippen molar-refractivity contribution in [2.75, 3.05) is 18.6 Å². The Morgan fingerprint density at radius 2 is 1.85 bits per heavy atom. The third-order valence-corrected chi connectivity index (χ3v) is 4.43. The molecule has 0 aromatic heterocycles. The zero-order chi connectivity index (χ0) is 19.6. The number of benzene rings is 2. The summed E-state index contributed by atoms with van der Waals surface area (Å²) in [4.78, 5) is 39.1. The van der Waals surface area contributed by atoms with E-state index in [-0.39, 0.29) is 18.1 Å². The molecule has 1 heterocycles. The van der Waals surface area contributed by atoms with Crippen molar-refractivity contribution in [3.05, 3.63) is 54.1 Å². The number of phenolic OH excluding ortho intramolecular Hbond substituents is 1. The van der Waals surface area contributed by atoms with Gasteiger partial charge in [-0.25, -0.2) is 0 Å². The lowest BCUT2D eigenvalue weighted by Gasteiger charge is -2.27. The molecular weight excluding hydrogens is 350 g/mol. The quantitative estimate of drug-likeness (QED) is 0.494. The monoisotopic (exact) mass is 369 g/mol. The van der Waals surface area contributed by atoms with Crippen LogP contribution in [0.15, 0.2) is 48.5 Å². The first-order valence-corrected chi connectivity index (χ1v) is 8.45. The molecule has 1 saturated heterocycles. The second-order valence-electron chi connectivity index (χ2n) is 5.98. The Morgan fingerprint density at radius 3 is 2.48 bits per heavy atom. The van der Waals surface area contributed by atoms with Crippen molar-refractivity contribution in [3.8, 4) is 11.5 Å². The zero-order valence-corrected chi connectivity index (χ0v) is 14.9. The van der Waals surface area contributed by atoms with E-state index in [1.54, 1.807) is 43.3 Å². The molecule has 0 saturated carbocycles. The third-order valence-electron chi connectivity index (χ3n) is 4.43. The molecule has 1 aliphatic heterocycles. The number of methoxy groups -OCH3 is 1. The molecule has 7 heteroatoms. The second-order valence-corrected chi connectivity index (χ2v) is 5.98. The Labute approximate surface area is 156 Å². The Kier molecular flexibility index (Phi) is 5.12. The maximum absolute atomic E-state index is 12.7. The van der Waals surface area contributed by atoms with Gasteiger partial charge >= 0.3 is 5.97 Å². The van der Waals surface area contributed by atoms with Crippen molar-refractivity contribution in [2.24, 2.45) is 5.92 Å². The number of phenols is 1. The lowest BCUT2D eigenvalue weighted by atomic mass is 9.92. The minimum Gasteiger partial charge on any atom is -0.504 e. The standard InChI is InChI=1S/C20H19NO6/c1-3-27-20(25)16-17(12-9-10-14(22)15(11-12)26-2)21(19(24)18(16)23)13-7-5-4-6-8-13/h4-11,16-17,22H,3H2,1-2H3/t16-,17-/m0/s1. The number of nitrogens with zero attached hydrogens (tertiary/aromatic N) is 1. The molecule has 3 rings (SSSR count). The van der Waals surface area contributed by atoms with Crippen LogP contribution >= 0.6 is 0 Å². The first kappa shape index (κ1) is 18.4. The molecule has 7 nitrogen and oxygen atoms in total. The van der Waals surface area contributed by atoms with E-state index in [1.165, 1.54) is 24.1 Å². The summed E-state index contributed by atoms with van der Waals surface area (Å²) in [7, 11) is 1.39. The lowest BCUT2D eigenvalue weighted by molar-refractivity contribution is -0.152. The zero-order valence-electron chi connectivity index (χ0n) is 14.9. The van der Waals surface area contributed by atoms with E-state index in [9.17, 15) is 19.5 Å². The first-order valence-electron chi connectivity index (χ1n) is 8.45. The summed E-state index contributed by atoms with van der Waals surface area (Å²) < 4.78 is 10.2. The number of anilines is 1. The van der Waals surface area contributed by atoms with Crippen LogP contribution in [-0.2, 0) is 19.1 Å². The summed E-state index contributed by atoms with van der Waals surface area (Å²) in [6.07, 6.45) is 0. The van der Waals surface area contributed by atoms with Gasteiger partial charge in [0.25, 0.3) is 5.91 Å². The minimum atomic E-state index is -1.30. The molecule has 0 radical (unpaired) electrons. The highest BCUT2D eigenvalue weighted by atomic mass is 16.5. The number of ketones is 1. The van der Waals surface area contributed by atoms with Gasteiger partial charge in [0.1, 0.15) is 5.92 Å². The normalized spacial score (nSPS) is 19.3. The largest absolute Gasteiger partial charge is 0.504 e. The van der Waals surface area contributed by atoms with Gasteiger partial charge in [-0.15, -0.1) is 0 Å². The minimum absolute atomic E-state index is 0.0872. The predicted molar refractivity (Wildman–Crippen MR) is 96.5 cm³/mol. The van der Waals surface area contributed by atoms with Crippen LogP contribution in [0.25, 0.3) is 0 Å². The van der Waals surface area contributed by atoms with E-state index in [1.807, 2.05) is 0 Å².